The van der Waals surface area contributed by atoms with Gasteiger partial charge in [0.2, 0.25) is 0 Å². The van der Waals surface area contributed by atoms with Gasteiger partial charge in [0.1, 0.15) is 11.4 Å². The highest BCUT2D eigenvalue weighted by Crippen LogP contribution is 2.47. The maximum absolute atomic E-state index is 10.4. The number of benzene rings is 1. The van der Waals surface area contributed by atoms with Crippen molar-refractivity contribution < 1.29 is 9.84 Å². The zero-order chi connectivity index (χ0) is 12.8. The molecule has 1 saturated carbocycles. The van der Waals surface area contributed by atoms with E-state index in [0.717, 1.165) is 24.2 Å². The Labute approximate surface area is 113 Å². The third-order valence-corrected chi connectivity index (χ3v) is 4.51. The standard InChI is InChI=1S/C15H19ClO2/c1-10-3-2-6-15(8-10)9-13(17)12-7-11(16)4-5-14(12)18-15/h4-5,7,10,13,17H,2-3,6,8-9H2,1H3. The lowest BCUT2D eigenvalue weighted by Crippen LogP contribution is -2.44. The molecule has 98 valence electrons. The smallest absolute Gasteiger partial charge is 0.126 e. The summed E-state index contributed by atoms with van der Waals surface area (Å²) < 4.78 is 6.24. The van der Waals surface area contributed by atoms with Gasteiger partial charge in [0.05, 0.1) is 6.10 Å². The number of ether oxygens (including phenoxy) is 1. The molecule has 0 saturated heterocycles. The number of hydrogen-bond donors (Lipinski definition) is 1. The quantitative estimate of drug-likeness (QED) is 0.766. The summed E-state index contributed by atoms with van der Waals surface area (Å²) in [5.74, 6) is 1.49. The minimum Gasteiger partial charge on any atom is -0.487 e. The molecule has 0 bridgehead atoms. The Kier molecular flexibility index (Phi) is 3.03. The van der Waals surface area contributed by atoms with Gasteiger partial charge in [-0.15, -0.1) is 0 Å². The van der Waals surface area contributed by atoms with Crippen LogP contribution in [-0.4, -0.2) is 10.7 Å². The Balaban J connectivity index is 1.93. The van der Waals surface area contributed by atoms with Crippen LogP contribution in [0.15, 0.2) is 18.2 Å². The molecule has 1 aliphatic heterocycles. The van der Waals surface area contributed by atoms with Gasteiger partial charge >= 0.3 is 0 Å². The van der Waals surface area contributed by atoms with E-state index in [2.05, 4.69) is 6.92 Å². The molecule has 3 rings (SSSR count). The van der Waals surface area contributed by atoms with Gasteiger partial charge in [-0.1, -0.05) is 24.9 Å². The van der Waals surface area contributed by atoms with E-state index in [1.54, 1.807) is 0 Å². The summed E-state index contributed by atoms with van der Waals surface area (Å²) in [6.07, 6.45) is 4.82. The van der Waals surface area contributed by atoms with Crippen molar-refractivity contribution in [3.05, 3.63) is 28.8 Å². The molecule has 0 amide bonds. The van der Waals surface area contributed by atoms with Crippen LogP contribution < -0.4 is 4.74 Å². The Hall–Kier alpha value is -0.730. The first-order chi connectivity index (χ1) is 8.58. The highest BCUT2D eigenvalue weighted by molar-refractivity contribution is 6.30. The topological polar surface area (TPSA) is 29.5 Å². The van der Waals surface area contributed by atoms with Crippen molar-refractivity contribution in [1.29, 1.82) is 0 Å². The molecule has 1 aromatic rings. The van der Waals surface area contributed by atoms with Crippen molar-refractivity contribution in [2.75, 3.05) is 0 Å². The number of halogens is 1. The molecule has 1 N–H and O–H groups in total. The Morgan fingerprint density at radius 2 is 2.22 bits per heavy atom. The summed E-state index contributed by atoms with van der Waals surface area (Å²) in [6, 6.07) is 5.54. The second-order valence-corrected chi connectivity index (χ2v) is 6.33. The minimum atomic E-state index is -0.447. The predicted octanol–water partition coefficient (Wildman–Crippen LogP) is 4.10. The van der Waals surface area contributed by atoms with E-state index in [4.69, 9.17) is 16.3 Å². The third-order valence-electron chi connectivity index (χ3n) is 4.27. The molecule has 0 radical (unpaired) electrons. The van der Waals surface area contributed by atoms with Gasteiger partial charge in [0.25, 0.3) is 0 Å². The monoisotopic (exact) mass is 266 g/mol. The summed E-state index contributed by atoms with van der Waals surface area (Å²) in [4.78, 5) is 0. The zero-order valence-electron chi connectivity index (χ0n) is 10.7. The lowest BCUT2D eigenvalue weighted by Gasteiger charge is -2.45. The zero-order valence-corrected chi connectivity index (χ0v) is 11.4. The minimum absolute atomic E-state index is 0.155. The molecule has 1 heterocycles. The molecule has 2 nitrogen and oxygen atoms in total. The normalized spacial score (nSPS) is 35.1. The fraction of sp³-hybridized carbons (Fsp3) is 0.600. The summed E-state index contributed by atoms with van der Waals surface area (Å²) in [5.41, 5.74) is 0.684. The molecule has 3 unspecified atom stereocenters. The molecular weight excluding hydrogens is 248 g/mol. The van der Waals surface area contributed by atoms with Crippen LogP contribution in [0.1, 0.15) is 50.7 Å². The molecule has 1 fully saturated rings. The van der Waals surface area contributed by atoms with E-state index in [-0.39, 0.29) is 5.60 Å². The van der Waals surface area contributed by atoms with Crippen LogP contribution in [-0.2, 0) is 0 Å². The van der Waals surface area contributed by atoms with E-state index in [1.807, 2.05) is 18.2 Å². The van der Waals surface area contributed by atoms with Gasteiger partial charge in [-0.05, 0) is 43.4 Å². The first kappa shape index (κ1) is 12.3. The van der Waals surface area contributed by atoms with E-state index < -0.39 is 6.10 Å². The molecule has 3 heteroatoms. The maximum Gasteiger partial charge on any atom is 0.126 e. The lowest BCUT2D eigenvalue weighted by molar-refractivity contribution is -0.0495. The highest BCUT2D eigenvalue weighted by atomic mass is 35.5. The lowest BCUT2D eigenvalue weighted by atomic mass is 9.74. The van der Waals surface area contributed by atoms with Crippen molar-refractivity contribution in [3.8, 4) is 5.75 Å². The molecule has 1 aliphatic carbocycles. The number of fused-ring (bicyclic) bond motifs is 1. The van der Waals surface area contributed by atoms with Crippen molar-refractivity contribution in [2.45, 2.75) is 50.7 Å². The Morgan fingerprint density at radius 1 is 1.39 bits per heavy atom. The predicted molar refractivity (Wildman–Crippen MR) is 72.0 cm³/mol. The van der Waals surface area contributed by atoms with Gasteiger partial charge in [-0.2, -0.15) is 0 Å². The first-order valence-corrected chi connectivity index (χ1v) is 7.12. The van der Waals surface area contributed by atoms with Crippen molar-refractivity contribution in [2.24, 2.45) is 5.92 Å². The molecule has 1 spiro atoms. The molecular formula is C15H19ClO2. The summed E-state index contributed by atoms with van der Waals surface area (Å²) in [7, 11) is 0. The summed E-state index contributed by atoms with van der Waals surface area (Å²) >= 11 is 5.98. The van der Waals surface area contributed by atoms with Crippen molar-refractivity contribution in [3.63, 3.8) is 0 Å². The second kappa shape index (κ2) is 4.43. The summed E-state index contributed by atoms with van der Waals surface area (Å²) in [5, 5.41) is 11.0. The molecule has 18 heavy (non-hydrogen) atoms. The van der Waals surface area contributed by atoms with Crippen LogP contribution >= 0.6 is 11.6 Å². The largest absolute Gasteiger partial charge is 0.487 e. The Bertz CT molecular complexity index is 460. The van der Waals surface area contributed by atoms with Crippen molar-refractivity contribution in [1.82, 2.24) is 0 Å². The van der Waals surface area contributed by atoms with Gasteiger partial charge in [0, 0.05) is 17.0 Å². The number of hydrogen-bond acceptors (Lipinski definition) is 2. The van der Waals surface area contributed by atoms with E-state index in [1.165, 1.54) is 12.8 Å². The van der Waals surface area contributed by atoms with Crippen molar-refractivity contribution >= 4 is 11.6 Å². The third kappa shape index (κ3) is 2.12. The molecule has 0 aromatic heterocycles. The van der Waals surface area contributed by atoms with E-state index in [9.17, 15) is 5.11 Å². The van der Waals surface area contributed by atoms with Gasteiger partial charge in [-0.25, -0.2) is 0 Å². The van der Waals surface area contributed by atoms with E-state index >= 15 is 0 Å². The van der Waals surface area contributed by atoms with Crippen LogP contribution in [0.5, 0.6) is 5.75 Å². The maximum atomic E-state index is 10.4. The van der Waals surface area contributed by atoms with Crippen LogP contribution in [0.3, 0.4) is 0 Å². The second-order valence-electron chi connectivity index (χ2n) is 5.89. The first-order valence-electron chi connectivity index (χ1n) is 6.74. The average Bonchev–Trinajstić information content (AvgIpc) is 2.30. The molecule has 2 aliphatic rings. The fourth-order valence-corrected chi connectivity index (χ4v) is 3.68. The molecule has 1 aromatic carbocycles. The van der Waals surface area contributed by atoms with E-state index in [0.29, 0.717) is 17.4 Å². The average molecular weight is 267 g/mol. The van der Waals surface area contributed by atoms with Crippen LogP contribution in [0.25, 0.3) is 0 Å². The number of rotatable bonds is 0. The number of aliphatic hydroxyl groups excluding tert-OH is 1. The van der Waals surface area contributed by atoms with Crippen LogP contribution in [0.2, 0.25) is 5.02 Å². The molecule has 3 atom stereocenters. The van der Waals surface area contributed by atoms with Crippen LogP contribution in [0, 0.1) is 5.92 Å². The summed E-state index contributed by atoms with van der Waals surface area (Å²) in [6.45, 7) is 2.27. The van der Waals surface area contributed by atoms with Gasteiger partial charge in [-0.3, -0.25) is 0 Å². The fourth-order valence-electron chi connectivity index (χ4n) is 3.50. The number of aliphatic hydroxyl groups is 1. The highest BCUT2D eigenvalue weighted by Gasteiger charge is 2.43. The van der Waals surface area contributed by atoms with Gasteiger partial charge in [0.15, 0.2) is 0 Å². The van der Waals surface area contributed by atoms with Crippen LogP contribution in [0.4, 0.5) is 0 Å². The van der Waals surface area contributed by atoms with Gasteiger partial charge < -0.3 is 9.84 Å². The SMILES string of the molecule is CC1CCCC2(C1)CC(O)c1cc(Cl)ccc1O2. The Morgan fingerprint density at radius 3 is 3.00 bits per heavy atom.